The van der Waals surface area contributed by atoms with Crippen LogP contribution in [0.4, 0.5) is 0 Å². The van der Waals surface area contributed by atoms with Gasteiger partial charge < -0.3 is 44.2 Å². The molecule has 19 heteroatoms. The number of ether oxygens (including phenoxy) is 2. The zero-order chi connectivity index (χ0) is 25.4. The molecule has 3 rings (SSSR count). The zero-order valence-corrected chi connectivity index (χ0v) is 19.1. The van der Waals surface area contributed by atoms with Crippen LogP contribution in [-0.2, 0) is 32.0 Å². The summed E-state index contributed by atoms with van der Waals surface area (Å²) in [5.41, 5.74) is -1.72. The Hall–Kier alpha value is -1.30. The molecule has 194 valence electrons. The summed E-state index contributed by atoms with van der Waals surface area (Å²) in [6.45, 7) is 0.394. The Morgan fingerprint density at radius 2 is 1.79 bits per heavy atom. The molecule has 0 aromatic carbocycles. The summed E-state index contributed by atoms with van der Waals surface area (Å²) < 4.78 is 47.6. The molecule has 0 spiro atoms. The van der Waals surface area contributed by atoms with E-state index >= 15 is 0 Å². The van der Waals surface area contributed by atoms with Gasteiger partial charge in [-0.1, -0.05) is 0 Å². The molecular weight excluding hydrogens is 510 g/mol. The topological polar surface area (TPSA) is 262 Å². The molecule has 0 aliphatic carbocycles. The lowest BCUT2D eigenvalue weighted by molar-refractivity contribution is -0.282. The number of nitrogens with one attached hydrogen (secondary N) is 1. The first-order chi connectivity index (χ1) is 15.7. The number of phosphoric acid groups is 2. The molecule has 2 saturated heterocycles. The minimum Gasteiger partial charge on any atom is -0.756 e. The predicted molar refractivity (Wildman–Crippen MR) is 102 cm³/mol. The van der Waals surface area contributed by atoms with Crippen molar-refractivity contribution in [2.24, 2.45) is 0 Å². The molecule has 0 radical (unpaired) electrons. The minimum atomic E-state index is -5.71. The van der Waals surface area contributed by atoms with Crippen molar-refractivity contribution in [3.63, 3.8) is 0 Å². The molecule has 2 aliphatic heterocycles. The quantitative estimate of drug-likeness (QED) is 0.200. The lowest BCUT2D eigenvalue weighted by atomic mass is 10.0. The van der Waals surface area contributed by atoms with E-state index in [-0.39, 0.29) is 6.42 Å². The monoisotopic (exact) mass is 532 g/mol. The van der Waals surface area contributed by atoms with E-state index in [0.29, 0.717) is 0 Å². The second-order valence-corrected chi connectivity index (χ2v) is 10.5. The van der Waals surface area contributed by atoms with Crippen LogP contribution < -0.4 is 21.0 Å². The van der Waals surface area contributed by atoms with Crippen LogP contribution in [0, 0.1) is 0 Å². The summed E-state index contributed by atoms with van der Waals surface area (Å²) in [5, 5.41) is 39.6. The second-order valence-electron chi connectivity index (χ2n) is 7.55. The fraction of sp³-hybridized carbons (Fsp3) is 0.733. The van der Waals surface area contributed by atoms with Crippen molar-refractivity contribution in [2.75, 3.05) is 6.61 Å². The number of hydrogen-bond acceptors (Lipinski definition) is 15. The zero-order valence-electron chi connectivity index (χ0n) is 17.3. The Labute approximate surface area is 190 Å². The molecule has 3 heterocycles. The maximum atomic E-state index is 12.0. The van der Waals surface area contributed by atoms with Gasteiger partial charge in [-0.2, -0.15) is 0 Å². The van der Waals surface area contributed by atoms with Crippen LogP contribution in [0.25, 0.3) is 0 Å². The molecule has 0 saturated carbocycles. The molecule has 34 heavy (non-hydrogen) atoms. The van der Waals surface area contributed by atoms with Crippen molar-refractivity contribution in [1.29, 1.82) is 0 Å². The highest BCUT2D eigenvalue weighted by Gasteiger charge is 2.45. The molecule has 0 bridgehead atoms. The van der Waals surface area contributed by atoms with E-state index < -0.39 is 82.6 Å². The van der Waals surface area contributed by atoms with Crippen molar-refractivity contribution >= 4 is 15.6 Å². The Bertz CT molecular complexity index is 1080. The van der Waals surface area contributed by atoms with E-state index in [1.165, 1.54) is 6.92 Å². The first kappa shape index (κ1) is 27.3. The molecule has 5 N–H and O–H groups in total. The second kappa shape index (κ2) is 10.4. The van der Waals surface area contributed by atoms with Crippen LogP contribution in [0.15, 0.2) is 21.9 Å². The van der Waals surface area contributed by atoms with Gasteiger partial charge in [-0.15, -0.1) is 0 Å². The Balaban J connectivity index is 1.60. The van der Waals surface area contributed by atoms with E-state index in [9.17, 15) is 48.9 Å². The third-order valence-corrected chi connectivity index (χ3v) is 7.44. The van der Waals surface area contributed by atoms with E-state index in [1.807, 2.05) is 4.98 Å². The number of aliphatic hydroxyl groups is 4. The largest absolute Gasteiger partial charge is 0.756 e. The molecule has 2 unspecified atom stereocenters. The Kier molecular flexibility index (Phi) is 8.32. The van der Waals surface area contributed by atoms with Gasteiger partial charge in [0, 0.05) is 18.7 Å². The SMILES string of the molecule is C[C@@H]1C[C@H](O)[C@@H](O)[C@@H](OP(=O)([O-])OP(=O)([O-])OC[C@H]2O[C@@H](n3ccc(=O)[nH]c3=O)[C@H](O)[C@@H]2O)O1. The van der Waals surface area contributed by atoms with Crippen molar-refractivity contribution in [1.82, 2.24) is 9.55 Å². The first-order valence-corrected chi connectivity index (χ1v) is 12.6. The van der Waals surface area contributed by atoms with E-state index in [1.54, 1.807) is 0 Å². The van der Waals surface area contributed by atoms with Crippen molar-refractivity contribution in [3.05, 3.63) is 33.1 Å². The predicted octanol–water partition coefficient (Wildman–Crippen LogP) is -4.00. The number of rotatable bonds is 8. The van der Waals surface area contributed by atoms with Crippen molar-refractivity contribution in [2.45, 2.75) is 62.5 Å². The summed E-state index contributed by atoms with van der Waals surface area (Å²) in [6, 6.07) is 0.936. The van der Waals surface area contributed by atoms with Crippen LogP contribution in [0.5, 0.6) is 0 Å². The number of nitrogens with zero attached hydrogens (tertiary/aromatic N) is 1. The fourth-order valence-corrected chi connectivity index (χ4v) is 5.38. The molecule has 2 fully saturated rings. The summed E-state index contributed by atoms with van der Waals surface area (Å²) in [4.78, 5) is 48.8. The van der Waals surface area contributed by atoms with Crippen LogP contribution >= 0.6 is 15.6 Å². The highest BCUT2D eigenvalue weighted by Crippen LogP contribution is 2.57. The van der Waals surface area contributed by atoms with Gasteiger partial charge in [-0.3, -0.25) is 28.0 Å². The van der Waals surface area contributed by atoms with Gasteiger partial charge >= 0.3 is 5.69 Å². The van der Waals surface area contributed by atoms with Crippen molar-refractivity contribution in [3.8, 4) is 0 Å². The van der Waals surface area contributed by atoms with Crippen LogP contribution in [0.1, 0.15) is 19.6 Å². The van der Waals surface area contributed by atoms with Crippen LogP contribution in [-0.4, -0.2) is 79.5 Å². The molecule has 1 aromatic rings. The van der Waals surface area contributed by atoms with Gasteiger partial charge in [0.05, 0.1) is 18.8 Å². The average Bonchev–Trinajstić information content (AvgIpc) is 2.97. The Morgan fingerprint density at radius 1 is 1.12 bits per heavy atom. The number of hydrogen-bond donors (Lipinski definition) is 5. The normalized spacial score (nSPS) is 37.7. The van der Waals surface area contributed by atoms with Gasteiger partial charge in [0.25, 0.3) is 21.2 Å². The highest BCUT2D eigenvalue weighted by molar-refractivity contribution is 7.59. The van der Waals surface area contributed by atoms with Gasteiger partial charge in [0.15, 0.2) is 12.5 Å². The molecule has 1 aromatic heterocycles. The van der Waals surface area contributed by atoms with Gasteiger partial charge in [-0.25, -0.2) is 9.11 Å². The molecule has 2 aliphatic rings. The van der Waals surface area contributed by atoms with Crippen molar-refractivity contribution < 1.29 is 62.2 Å². The lowest BCUT2D eigenvalue weighted by Gasteiger charge is -2.39. The maximum absolute atomic E-state index is 12.0. The molecule has 17 nitrogen and oxygen atoms in total. The number of aromatic amines is 1. The van der Waals surface area contributed by atoms with E-state index in [4.69, 9.17) is 9.47 Å². The number of phosphoric ester groups is 2. The summed E-state index contributed by atoms with van der Waals surface area (Å²) in [5.74, 6) is 0. The maximum Gasteiger partial charge on any atom is 0.330 e. The van der Waals surface area contributed by atoms with E-state index in [0.717, 1.165) is 16.8 Å². The van der Waals surface area contributed by atoms with Crippen LogP contribution in [0.2, 0.25) is 0 Å². The third kappa shape index (κ3) is 6.47. The summed E-state index contributed by atoms with van der Waals surface area (Å²) in [7, 11) is -11.4. The minimum absolute atomic E-state index is 0.0318. The number of aliphatic hydroxyl groups excluding tert-OH is 4. The van der Waals surface area contributed by atoms with Gasteiger partial charge in [0.2, 0.25) is 0 Å². The van der Waals surface area contributed by atoms with Crippen LogP contribution in [0.3, 0.4) is 0 Å². The Morgan fingerprint density at radius 3 is 2.44 bits per heavy atom. The fourth-order valence-electron chi connectivity index (χ4n) is 3.29. The highest BCUT2D eigenvalue weighted by atomic mass is 31.3. The smallest absolute Gasteiger partial charge is 0.330 e. The van der Waals surface area contributed by atoms with E-state index in [2.05, 4.69) is 13.4 Å². The third-order valence-electron chi connectivity index (χ3n) is 4.91. The summed E-state index contributed by atoms with van der Waals surface area (Å²) in [6.07, 6.45) is -11.6. The first-order valence-electron chi connectivity index (χ1n) is 9.70. The standard InChI is InChI=1S/C15H24N2O15P2/c1-6-4-7(18)10(20)14(29-6)31-34(26,27)32-33(24,25)28-5-8-11(21)12(22)13(30-8)17-3-2-9(19)16-15(17)23/h2-3,6-8,10-14,18,20-22H,4-5H2,1H3,(H,24,25)(H,26,27)(H,16,19,23)/p-2/t6-,7+,8-,10-,11-,12-,13-,14-/m1/s1. The molecular formula is C15H22N2O15P2-2. The summed E-state index contributed by atoms with van der Waals surface area (Å²) >= 11 is 0. The number of H-pyrrole nitrogens is 1. The lowest BCUT2D eigenvalue weighted by Crippen LogP contribution is -2.48. The molecule has 10 atom stereocenters. The number of aromatic nitrogens is 2. The average molecular weight is 532 g/mol. The van der Waals surface area contributed by atoms with Gasteiger partial charge in [-0.05, 0) is 6.92 Å². The molecule has 0 amide bonds. The van der Waals surface area contributed by atoms with Gasteiger partial charge in [0.1, 0.15) is 24.4 Å².